The van der Waals surface area contributed by atoms with Crippen molar-refractivity contribution in [2.24, 2.45) is 0 Å². The normalized spacial score (nSPS) is 12.8. The van der Waals surface area contributed by atoms with Crippen molar-refractivity contribution in [2.75, 3.05) is 0 Å². The van der Waals surface area contributed by atoms with Crippen LogP contribution >= 0.6 is 0 Å². The number of aryl methyl sites for hydroxylation is 2. The van der Waals surface area contributed by atoms with E-state index in [0.717, 1.165) is 25.9 Å². The van der Waals surface area contributed by atoms with Gasteiger partial charge in [-0.3, -0.25) is 0 Å². The maximum Gasteiger partial charge on any atom is 0.0724 e. The second-order valence-corrected chi connectivity index (χ2v) is 11.7. The summed E-state index contributed by atoms with van der Waals surface area (Å²) < 4.78 is 6.46. The molecule has 0 saturated heterocycles. The molecule has 2 unspecified atom stereocenters. The molecule has 0 bridgehead atoms. The Morgan fingerprint density at radius 2 is 0.927 bits per heavy atom. The minimum Gasteiger partial charge on any atom is -0.372 e. The summed E-state index contributed by atoms with van der Waals surface area (Å²) in [5, 5.41) is 7.43. The average molecular weight is 549 g/mol. The molecule has 2 N–H and O–H groups in total. The van der Waals surface area contributed by atoms with Crippen molar-refractivity contribution < 1.29 is 4.74 Å². The molecule has 0 amide bonds. The minimum atomic E-state index is 0.366. The molecular formula is C38H48N2O. The van der Waals surface area contributed by atoms with Crippen LogP contribution in [-0.4, -0.2) is 12.1 Å². The first-order valence-electron chi connectivity index (χ1n) is 15.1. The third kappa shape index (κ3) is 8.87. The van der Waals surface area contributed by atoms with E-state index in [1.165, 1.54) is 55.6 Å². The quantitative estimate of drug-likeness (QED) is 0.167. The zero-order valence-corrected chi connectivity index (χ0v) is 25.9. The van der Waals surface area contributed by atoms with Crippen LogP contribution in [-0.2, 0) is 43.9 Å². The van der Waals surface area contributed by atoms with Gasteiger partial charge in [0.1, 0.15) is 0 Å². The van der Waals surface area contributed by atoms with E-state index in [2.05, 4.69) is 137 Å². The van der Waals surface area contributed by atoms with E-state index < -0.39 is 0 Å². The highest BCUT2D eigenvalue weighted by Gasteiger charge is 2.15. The first-order chi connectivity index (χ1) is 19.8. The van der Waals surface area contributed by atoms with Gasteiger partial charge in [-0.2, -0.15) is 0 Å². The van der Waals surface area contributed by atoms with E-state index in [1.807, 2.05) is 0 Å². The van der Waals surface area contributed by atoms with Gasteiger partial charge in [-0.05, 0) is 110 Å². The fourth-order valence-electron chi connectivity index (χ4n) is 5.50. The molecule has 0 aliphatic carbocycles. The summed E-state index contributed by atoms with van der Waals surface area (Å²) in [5.74, 6) is 0. The smallest absolute Gasteiger partial charge is 0.0724 e. The first kappa shape index (κ1) is 30.7. The van der Waals surface area contributed by atoms with E-state index in [0.29, 0.717) is 25.3 Å². The highest BCUT2D eigenvalue weighted by molar-refractivity contribution is 5.41. The fourth-order valence-corrected chi connectivity index (χ4v) is 5.50. The lowest BCUT2D eigenvalue weighted by atomic mass is 9.92. The van der Waals surface area contributed by atoms with Gasteiger partial charge < -0.3 is 15.4 Å². The molecule has 0 aliphatic heterocycles. The Labute approximate surface area is 248 Å². The zero-order chi connectivity index (χ0) is 29.2. The van der Waals surface area contributed by atoms with Crippen LogP contribution in [0.1, 0.15) is 69.5 Å². The summed E-state index contributed by atoms with van der Waals surface area (Å²) in [6.45, 7) is 16.5. The molecule has 0 aromatic heterocycles. The Balaban J connectivity index is 1.39. The van der Waals surface area contributed by atoms with E-state index in [1.54, 1.807) is 0 Å². The monoisotopic (exact) mass is 548 g/mol. The molecule has 0 saturated carbocycles. The fraction of sp³-hybridized carbons (Fsp3) is 0.368. The predicted octanol–water partition coefficient (Wildman–Crippen LogP) is 8.08. The lowest BCUT2D eigenvalue weighted by Gasteiger charge is -2.21. The standard InChI is InChI=1S/C38H48N2O/c1-27-17-19-35(37(31(27)5)21-29(3)39-23-33-13-9-7-10-14-33)25-41-26-36-20-18-28(2)32(6)38(36)22-30(4)40-24-34-15-11-8-12-16-34/h7-20,29-30,39-40H,21-26H2,1-6H3. The van der Waals surface area contributed by atoms with Crippen molar-refractivity contribution in [2.45, 2.75) is 92.8 Å². The van der Waals surface area contributed by atoms with Gasteiger partial charge in [-0.15, -0.1) is 0 Å². The molecule has 0 spiro atoms. The van der Waals surface area contributed by atoms with Crippen LogP contribution in [0.3, 0.4) is 0 Å². The predicted molar refractivity (Wildman–Crippen MR) is 173 cm³/mol. The summed E-state index contributed by atoms with van der Waals surface area (Å²) >= 11 is 0. The topological polar surface area (TPSA) is 33.3 Å². The number of ether oxygens (including phenoxy) is 1. The van der Waals surface area contributed by atoms with Crippen LogP contribution in [0.15, 0.2) is 84.9 Å². The summed E-state index contributed by atoms with van der Waals surface area (Å²) in [6.07, 6.45) is 1.97. The lowest BCUT2D eigenvalue weighted by Crippen LogP contribution is -2.28. The van der Waals surface area contributed by atoms with Crippen molar-refractivity contribution in [3.8, 4) is 0 Å². The molecule has 4 aromatic rings. The Morgan fingerprint density at radius 1 is 0.537 bits per heavy atom. The van der Waals surface area contributed by atoms with Gasteiger partial charge in [0.2, 0.25) is 0 Å². The first-order valence-corrected chi connectivity index (χ1v) is 15.1. The zero-order valence-electron chi connectivity index (χ0n) is 25.9. The molecule has 3 heteroatoms. The highest BCUT2D eigenvalue weighted by atomic mass is 16.5. The number of hydrogen-bond acceptors (Lipinski definition) is 3. The number of nitrogens with one attached hydrogen (secondary N) is 2. The highest BCUT2D eigenvalue weighted by Crippen LogP contribution is 2.24. The third-order valence-corrected chi connectivity index (χ3v) is 8.46. The Hall–Kier alpha value is -3.24. The van der Waals surface area contributed by atoms with E-state index in [-0.39, 0.29) is 0 Å². The van der Waals surface area contributed by atoms with Gasteiger partial charge in [-0.25, -0.2) is 0 Å². The van der Waals surface area contributed by atoms with Gasteiger partial charge in [0, 0.05) is 25.2 Å². The minimum absolute atomic E-state index is 0.366. The van der Waals surface area contributed by atoms with Crippen LogP contribution in [0.25, 0.3) is 0 Å². The number of rotatable bonds is 14. The second kappa shape index (κ2) is 15.1. The maximum atomic E-state index is 6.46. The van der Waals surface area contributed by atoms with Gasteiger partial charge in [0.15, 0.2) is 0 Å². The molecule has 216 valence electrons. The van der Waals surface area contributed by atoms with Crippen LogP contribution in [0.2, 0.25) is 0 Å². The van der Waals surface area contributed by atoms with Crippen LogP contribution in [0.4, 0.5) is 0 Å². The van der Waals surface area contributed by atoms with Crippen molar-refractivity contribution >= 4 is 0 Å². The maximum absolute atomic E-state index is 6.46. The molecule has 4 rings (SSSR count). The molecule has 4 aromatic carbocycles. The molecule has 2 atom stereocenters. The lowest BCUT2D eigenvalue weighted by molar-refractivity contribution is 0.106. The Morgan fingerprint density at radius 3 is 1.32 bits per heavy atom. The van der Waals surface area contributed by atoms with Crippen molar-refractivity contribution in [1.29, 1.82) is 0 Å². The largest absolute Gasteiger partial charge is 0.372 e. The summed E-state index contributed by atoms with van der Waals surface area (Å²) in [4.78, 5) is 0. The summed E-state index contributed by atoms with van der Waals surface area (Å²) in [6, 6.07) is 31.0. The van der Waals surface area contributed by atoms with Gasteiger partial charge in [0.05, 0.1) is 13.2 Å². The van der Waals surface area contributed by atoms with Crippen LogP contribution in [0.5, 0.6) is 0 Å². The molecule has 0 aliphatic rings. The van der Waals surface area contributed by atoms with Crippen molar-refractivity contribution in [1.82, 2.24) is 10.6 Å². The number of hydrogen-bond donors (Lipinski definition) is 2. The van der Waals surface area contributed by atoms with E-state index in [9.17, 15) is 0 Å². The molecule has 3 nitrogen and oxygen atoms in total. The Bertz CT molecular complexity index is 1270. The van der Waals surface area contributed by atoms with Crippen LogP contribution in [0, 0.1) is 27.7 Å². The SMILES string of the molecule is Cc1ccc(COCc2ccc(C)c(C)c2CC(C)NCc2ccccc2)c(CC(C)NCc2ccccc2)c1C. The van der Waals surface area contributed by atoms with Gasteiger partial charge >= 0.3 is 0 Å². The number of benzene rings is 4. The average Bonchev–Trinajstić information content (AvgIpc) is 2.99. The summed E-state index contributed by atoms with van der Waals surface area (Å²) in [7, 11) is 0. The van der Waals surface area contributed by atoms with E-state index in [4.69, 9.17) is 4.74 Å². The molecule has 0 radical (unpaired) electrons. The van der Waals surface area contributed by atoms with Gasteiger partial charge in [-0.1, -0.05) is 84.9 Å². The van der Waals surface area contributed by atoms with E-state index >= 15 is 0 Å². The molecule has 41 heavy (non-hydrogen) atoms. The van der Waals surface area contributed by atoms with Crippen molar-refractivity contribution in [3.05, 3.63) is 141 Å². The van der Waals surface area contributed by atoms with Gasteiger partial charge in [0.25, 0.3) is 0 Å². The molecule has 0 heterocycles. The van der Waals surface area contributed by atoms with Crippen molar-refractivity contribution in [3.63, 3.8) is 0 Å². The van der Waals surface area contributed by atoms with Crippen LogP contribution < -0.4 is 10.6 Å². The molecular weight excluding hydrogens is 500 g/mol. The second-order valence-electron chi connectivity index (χ2n) is 11.7. The third-order valence-electron chi connectivity index (χ3n) is 8.46. The molecule has 0 fully saturated rings. The Kier molecular flexibility index (Phi) is 11.3. The summed E-state index contributed by atoms with van der Waals surface area (Å²) in [5.41, 5.74) is 13.5.